The molecule has 2 aromatic heterocycles. The average molecular weight is 541 g/mol. The van der Waals surface area contributed by atoms with Crippen molar-refractivity contribution in [2.45, 2.75) is 51.0 Å². The minimum absolute atomic E-state index is 0.188. The number of nitrogen functional groups attached to an aromatic ring is 1. The summed E-state index contributed by atoms with van der Waals surface area (Å²) in [5, 5.41) is 1.04. The van der Waals surface area contributed by atoms with Gasteiger partial charge < -0.3 is 25.2 Å². The zero-order chi connectivity index (χ0) is 28.0. The summed E-state index contributed by atoms with van der Waals surface area (Å²) in [5.41, 5.74) is 11.2. The first-order valence-electron chi connectivity index (χ1n) is 14.2. The molecule has 0 bridgehead atoms. The highest BCUT2D eigenvalue weighted by Gasteiger charge is 2.54. The van der Waals surface area contributed by atoms with E-state index in [1.165, 1.54) is 0 Å². The quantitative estimate of drug-likeness (QED) is 0.507. The highest BCUT2D eigenvalue weighted by atomic mass is 16.6. The number of likely N-dealkylation sites (N-methyl/N-ethyl adjacent to an activating group) is 1. The molecule has 0 radical (unpaired) electrons. The molecule has 5 heterocycles. The van der Waals surface area contributed by atoms with Gasteiger partial charge in [0.15, 0.2) is 5.82 Å². The number of aromatic nitrogens is 2. The van der Waals surface area contributed by atoms with Gasteiger partial charge >= 0.3 is 6.09 Å². The molecule has 9 nitrogen and oxygen atoms in total. The van der Waals surface area contributed by atoms with Gasteiger partial charge in [-0.1, -0.05) is 12.5 Å². The first kappa shape index (κ1) is 25.1. The van der Waals surface area contributed by atoms with Crippen molar-refractivity contribution in [3.63, 3.8) is 0 Å². The second-order valence-corrected chi connectivity index (χ2v) is 13.0. The number of nitrogens with two attached hydrogens (primary N) is 1. The van der Waals surface area contributed by atoms with Gasteiger partial charge in [-0.2, -0.15) is 0 Å². The molecule has 2 saturated heterocycles. The predicted octanol–water partition coefficient (Wildman–Crippen LogP) is 4.58. The normalized spacial score (nSPS) is 23.1. The lowest BCUT2D eigenvalue weighted by Crippen LogP contribution is -2.43. The lowest BCUT2D eigenvalue weighted by Gasteiger charge is -2.37. The number of amides is 2. The number of likely N-dealkylation sites (tertiary alicyclic amines) is 1. The molecule has 208 valence electrons. The van der Waals surface area contributed by atoms with Crippen molar-refractivity contribution >= 4 is 40.1 Å². The van der Waals surface area contributed by atoms with Crippen LogP contribution < -0.4 is 15.5 Å². The SMILES string of the molecule is CN1C(=O)C2(CCC2)c2c1cnc1ccc(-c3cnc(N4CC5CN(C(=O)OC(C)(C)C)CC5C4)c(N)c3)cc21. The van der Waals surface area contributed by atoms with Crippen molar-refractivity contribution in [2.24, 2.45) is 11.8 Å². The van der Waals surface area contributed by atoms with E-state index in [0.717, 1.165) is 71.5 Å². The summed E-state index contributed by atoms with van der Waals surface area (Å²) in [5.74, 6) is 1.74. The van der Waals surface area contributed by atoms with E-state index in [4.69, 9.17) is 15.5 Å². The smallest absolute Gasteiger partial charge is 0.410 e. The number of carbonyl (C=O) groups is 2. The summed E-state index contributed by atoms with van der Waals surface area (Å²) in [6.07, 6.45) is 6.36. The first-order chi connectivity index (χ1) is 19.0. The fourth-order valence-electron chi connectivity index (χ4n) is 7.19. The third kappa shape index (κ3) is 3.73. The van der Waals surface area contributed by atoms with Crippen LogP contribution in [0.15, 0.2) is 36.7 Å². The van der Waals surface area contributed by atoms with Crippen molar-refractivity contribution in [1.29, 1.82) is 0 Å². The summed E-state index contributed by atoms with van der Waals surface area (Å²) >= 11 is 0. The molecule has 40 heavy (non-hydrogen) atoms. The fraction of sp³-hybridized carbons (Fsp3) is 0.484. The van der Waals surface area contributed by atoms with Crippen LogP contribution in [0.4, 0.5) is 22.0 Å². The largest absolute Gasteiger partial charge is 0.444 e. The van der Waals surface area contributed by atoms with Crippen LogP contribution in [0, 0.1) is 11.8 Å². The van der Waals surface area contributed by atoms with Crippen LogP contribution in [0.5, 0.6) is 0 Å². The summed E-state index contributed by atoms with van der Waals surface area (Å²) < 4.78 is 5.57. The van der Waals surface area contributed by atoms with Crippen molar-refractivity contribution in [3.8, 4) is 11.1 Å². The third-order valence-electron chi connectivity index (χ3n) is 9.27. The molecule has 2 N–H and O–H groups in total. The fourth-order valence-corrected chi connectivity index (χ4v) is 7.19. The molecule has 2 unspecified atom stereocenters. The van der Waals surface area contributed by atoms with Gasteiger partial charge in [0.25, 0.3) is 0 Å². The molecular weight excluding hydrogens is 504 g/mol. The number of hydrogen-bond acceptors (Lipinski definition) is 7. The Labute approximate surface area is 234 Å². The van der Waals surface area contributed by atoms with Crippen LogP contribution in [0.2, 0.25) is 0 Å². The van der Waals surface area contributed by atoms with E-state index in [9.17, 15) is 9.59 Å². The molecule has 3 aliphatic heterocycles. The Balaban J connectivity index is 1.13. The molecule has 2 atom stereocenters. The summed E-state index contributed by atoms with van der Waals surface area (Å²) in [4.78, 5) is 41.1. The van der Waals surface area contributed by atoms with Gasteiger partial charge in [0.1, 0.15) is 5.60 Å². The number of fused-ring (bicyclic) bond motifs is 5. The molecule has 3 fully saturated rings. The van der Waals surface area contributed by atoms with Crippen molar-refractivity contribution in [2.75, 3.05) is 48.8 Å². The van der Waals surface area contributed by atoms with E-state index in [2.05, 4.69) is 22.0 Å². The predicted molar refractivity (Wildman–Crippen MR) is 155 cm³/mol. The summed E-state index contributed by atoms with van der Waals surface area (Å²) in [6, 6.07) is 8.23. The Hall–Kier alpha value is -3.88. The summed E-state index contributed by atoms with van der Waals surface area (Å²) in [7, 11) is 1.86. The molecular formula is C31H36N6O3. The van der Waals surface area contributed by atoms with E-state index in [1.807, 2.05) is 57.2 Å². The molecule has 4 aliphatic rings. The maximum atomic E-state index is 13.2. The Kier molecular flexibility index (Phi) is 5.37. The van der Waals surface area contributed by atoms with E-state index >= 15 is 0 Å². The minimum atomic E-state index is -0.491. The Morgan fingerprint density at radius 3 is 2.38 bits per heavy atom. The van der Waals surface area contributed by atoms with Crippen LogP contribution in [-0.4, -0.2) is 65.7 Å². The zero-order valence-electron chi connectivity index (χ0n) is 23.6. The zero-order valence-corrected chi connectivity index (χ0v) is 23.6. The molecule has 7 rings (SSSR count). The Bertz CT molecular complexity index is 1540. The van der Waals surface area contributed by atoms with Gasteiger partial charge in [-0.05, 0) is 57.4 Å². The number of anilines is 3. The Morgan fingerprint density at radius 2 is 1.75 bits per heavy atom. The number of pyridine rings is 2. The molecule has 1 spiro atoms. The highest BCUT2D eigenvalue weighted by molar-refractivity contribution is 6.13. The van der Waals surface area contributed by atoms with Gasteiger partial charge in [-0.3, -0.25) is 9.78 Å². The first-order valence-corrected chi connectivity index (χ1v) is 14.2. The second-order valence-electron chi connectivity index (χ2n) is 13.0. The number of benzene rings is 1. The monoisotopic (exact) mass is 540 g/mol. The van der Waals surface area contributed by atoms with Crippen LogP contribution in [-0.2, 0) is 14.9 Å². The van der Waals surface area contributed by atoms with E-state index < -0.39 is 11.0 Å². The number of hydrogen-bond donors (Lipinski definition) is 1. The number of rotatable bonds is 2. The lowest BCUT2D eigenvalue weighted by atomic mass is 9.64. The lowest BCUT2D eigenvalue weighted by molar-refractivity contribution is -0.125. The van der Waals surface area contributed by atoms with E-state index in [1.54, 1.807) is 4.90 Å². The van der Waals surface area contributed by atoms with Gasteiger partial charge in [-0.25, -0.2) is 9.78 Å². The molecule has 3 aromatic rings. The maximum absolute atomic E-state index is 13.2. The van der Waals surface area contributed by atoms with Gasteiger partial charge in [-0.15, -0.1) is 0 Å². The Morgan fingerprint density at radius 1 is 1.02 bits per heavy atom. The van der Waals surface area contributed by atoms with Crippen LogP contribution in [0.1, 0.15) is 45.6 Å². The maximum Gasteiger partial charge on any atom is 0.410 e. The molecule has 1 saturated carbocycles. The van der Waals surface area contributed by atoms with Crippen LogP contribution in [0.25, 0.3) is 22.0 Å². The highest BCUT2D eigenvalue weighted by Crippen LogP contribution is 2.55. The van der Waals surface area contributed by atoms with Gasteiger partial charge in [0.05, 0.1) is 28.5 Å². The molecule has 2 amide bonds. The van der Waals surface area contributed by atoms with Gasteiger partial charge in [0.2, 0.25) is 5.91 Å². The van der Waals surface area contributed by atoms with Crippen LogP contribution in [0.3, 0.4) is 0 Å². The van der Waals surface area contributed by atoms with Crippen molar-refractivity contribution < 1.29 is 14.3 Å². The number of nitrogens with zero attached hydrogens (tertiary/aromatic N) is 5. The van der Waals surface area contributed by atoms with E-state index in [-0.39, 0.29) is 12.0 Å². The molecule has 1 aromatic carbocycles. The average Bonchev–Trinajstić information content (AvgIpc) is 3.52. The van der Waals surface area contributed by atoms with Crippen molar-refractivity contribution in [3.05, 3.63) is 42.2 Å². The van der Waals surface area contributed by atoms with Crippen molar-refractivity contribution in [1.82, 2.24) is 14.9 Å². The third-order valence-corrected chi connectivity index (χ3v) is 9.27. The van der Waals surface area contributed by atoms with Gasteiger partial charge in [0, 0.05) is 67.8 Å². The standard InChI is InChI=1S/C31H36N6O3/c1-30(2,3)40-29(39)37-16-20-14-36(15-21(20)17-37)27-23(32)11-19(12-34-27)18-6-7-24-22(10-18)26-25(13-33-24)35(4)28(38)31(26)8-5-9-31/h6-7,10-13,20-21H,5,8-9,14-17,32H2,1-4H3. The summed E-state index contributed by atoms with van der Waals surface area (Å²) in [6.45, 7) is 8.72. The number of ether oxygens (including phenoxy) is 1. The molecule has 1 aliphatic carbocycles. The van der Waals surface area contributed by atoms with Crippen LogP contribution >= 0.6 is 0 Å². The molecule has 9 heteroatoms. The second kappa shape index (κ2) is 8.56. The topological polar surface area (TPSA) is 105 Å². The minimum Gasteiger partial charge on any atom is -0.444 e. The number of carbonyl (C=O) groups excluding carboxylic acids is 2. The van der Waals surface area contributed by atoms with E-state index in [0.29, 0.717) is 30.6 Å².